The molecule has 1 aromatic carbocycles. The highest BCUT2D eigenvalue weighted by atomic mass is 16.5. The number of para-hydroxylation sites is 1. The highest BCUT2D eigenvalue weighted by molar-refractivity contribution is 5.90. The summed E-state index contributed by atoms with van der Waals surface area (Å²) in [4.78, 5) is 11.1. The van der Waals surface area contributed by atoms with Crippen LogP contribution in [0.4, 0.5) is 0 Å². The van der Waals surface area contributed by atoms with E-state index in [-0.39, 0.29) is 5.56 Å². The van der Waals surface area contributed by atoms with E-state index in [9.17, 15) is 4.79 Å². The van der Waals surface area contributed by atoms with Crippen molar-refractivity contribution < 1.29 is 14.6 Å². The van der Waals surface area contributed by atoms with E-state index >= 15 is 0 Å². The quantitative estimate of drug-likeness (QED) is 0.332. The highest BCUT2D eigenvalue weighted by Crippen LogP contribution is 2.18. The number of carboxylic acids is 1. The molecule has 0 aliphatic carbocycles. The molecule has 0 bridgehead atoms. The summed E-state index contributed by atoms with van der Waals surface area (Å²) in [5.74, 6) is -0.449. The Bertz CT molecular complexity index is 456. The van der Waals surface area contributed by atoms with Crippen LogP contribution in [0.2, 0.25) is 0 Å². The molecule has 0 unspecified atom stereocenters. The molecule has 0 aromatic heterocycles. The van der Waals surface area contributed by atoms with E-state index in [4.69, 9.17) is 9.84 Å². The molecule has 0 fully saturated rings. The Labute approximate surface area is 153 Å². The van der Waals surface area contributed by atoms with Gasteiger partial charge in [-0.1, -0.05) is 96.1 Å². The zero-order chi connectivity index (χ0) is 18.2. The summed E-state index contributed by atoms with van der Waals surface area (Å²) in [6, 6.07) is 6.85. The number of carbonyl (C=O) groups is 1. The fourth-order valence-electron chi connectivity index (χ4n) is 3.07. The van der Waals surface area contributed by atoms with E-state index in [1.807, 2.05) is 6.07 Å². The van der Waals surface area contributed by atoms with Crippen LogP contribution in [0.25, 0.3) is 0 Å². The maximum atomic E-state index is 11.1. The maximum absolute atomic E-state index is 11.1. The van der Waals surface area contributed by atoms with Crippen LogP contribution in [0.3, 0.4) is 0 Å². The molecule has 3 heteroatoms. The number of benzene rings is 1. The Morgan fingerprint density at radius 3 is 1.80 bits per heavy atom. The molecule has 0 amide bonds. The molecule has 0 heterocycles. The van der Waals surface area contributed by atoms with Crippen LogP contribution in [-0.4, -0.2) is 17.7 Å². The van der Waals surface area contributed by atoms with Crippen molar-refractivity contribution >= 4 is 5.97 Å². The van der Waals surface area contributed by atoms with Crippen molar-refractivity contribution in [1.82, 2.24) is 0 Å². The maximum Gasteiger partial charge on any atom is 0.339 e. The van der Waals surface area contributed by atoms with Gasteiger partial charge in [-0.05, 0) is 18.6 Å². The number of unbranched alkanes of at least 4 members (excludes halogenated alkanes) is 12. The summed E-state index contributed by atoms with van der Waals surface area (Å²) in [5, 5.41) is 9.10. The third-order valence-corrected chi connectivity index (χ3v) is 4.62. The predicted octanol–water partition coefficient (Wildman–Crippen LogP) is 6.85. The lowest BCUT2D eigenvalue weighted by Gasteiger charge is -2.08. The van der Waals surface area contributed by atoms with Crippen LogP contribution in [0, 0.1) is 0 Å². The molecular weight excluding hydrogens is 312 g/mol. The molecule has 0 atom stereocenters. The Hall–Kier alpha value is -1.51. The average molecular weight is 349 g/mol. The fraction of sp³-hybridized carbons (Fsp3) is 0.682. The summed E-state index contributed by atoms with van der Waals surface area (Å²) in [6.07, 6.45) is 17.2. The number of rotatable bonds is 16. The number of hydrogen-bond acceptors (Lipinski definition) is 2. The van der Waals surface area contributed by atoms with E-state index < -0.39 is 5.97 Å². The first kappa shape index (κ1) is 21.5. The summed E-state index contributed by atoms with van der Waals surface area (Å²) in [5.41, 5.74) is 0.247. The van der Waals surface area contributed by atoms with Crippen molar-refractivity contribution in [2.75, 3.05) is 6.61 Å². The molecule has 25 heavy (non-hydrogen) atoms. The Kier molecular flexibility index (Phi) is 12.7. The van der Waals surface area contributed by atoms with Gasteiger partial charge in [-0.3, -0.25) is 0 Å². The lowest BCUT2D eigenvalue weighted by molar-refractivity contribution is 0.0692. The van der Waals surface area contributed by atoms with Gasteiger partial charge in [0.25, 0.3) is 0 Å². The number of hydrogen-bond donors (Lipinski definition) is 1. The lowest BCUT2D eigenvalue weighted by atomic mass is 10.0. The second-order valence-corrected chi connectivity index (χ2v) is 6.89. The molecule has 1 N–H and O–H groups in total. The second kappa shape index (κ2) is 14.8. The van der Waals surface area contributed by atoms with Gasteiger partial charge in [0, 0.05) is 0 Å². The molecular formula is C22H36O3. The molecule has 0 spiro atoms. The van der Waals surface area contributed by atoms with E-state index in [2.05, 4.69) is 6.92 Å². The van der Waals surface area contributed by atoms with Gasteiger partial charge in [0.15, 0.2) is 0 Å². The topological polar surface area (TPSA) is 46.5 Å². The molecule has 142 valence electrons. The zero-order valence-electron chi connectivity index (χ0n) is 16.0. The molecule has 0 aliphatic heterocycles. The van der Waals surface area contributed by atoms with Gasteiger partial charge in [0.2, 0.25) is 0 Å². The third-order valence-electron chi connectivity index (χ3n) is 4.62. The van der Waals surface area contributed by atoms with Crippen LogP contribution >= 0.6 is 0 Å². The van der Waals surface area contributed by atoms with Gasteiger partial charge in [0.1, 0.15) is 11.3 Å². The number of carboxylic acid groups (broad SMARTS) is 1. The van der Waals surface area contributed by atoms with Crippen LogP contribution in [-0.2, 0) is 0 Å². The third kappa shape index (κ3) is 10.9. The summed E-state index contributed by atoms with van der Waals surface area (Å²) >= 11 is 0. The first-order valence-electron chi connectivity index (χ1n) is 10.2. The lowest BCUT2D eigenvalue weighted by Crippen LogP contribution is -2.04. The first-order valence-corrected chi connectivity index (χ1v) is 10.2. The summed E-state index contributed by atoms with van der Waals surface area (Å²) in [7, 11) is 0. The van der Waals surface area contributed by atoms with Gasteiger partial charge in [0.05, 0.1) is 6.61 Å². The fourth-order valence-corrected chi connectivity index (χ4v) is 3.07. The minimum atomic E-state index is -0.930. The molecule has 1 aromatic rings. The van der Waals surface area contributed by atoms with Crippen LogP contribution in [0.5, 0.6) is 5.75 Å². The molecule has 0 radical (unpaired) electrons. The van der Waals surface area contributed by atoms with Crippen LogP contribution < -0.4 is 4.74 Å². The largest absolute Gasteiger partial charge is 0.493 e. The number of ether oxygens (including phenoxy) is 1. The van der Waals surface area contributed by atoms with Gasteiger partial charge in [-0.2, -0.15) is 0 Å². The van der Waals surface area contributed by atoms with E-state index in [1.165, 1.54) is 70.6 Å². The minimum Gasteiger partial charge on any atom is -0.493 e. The van der Waals surface area contributed by atoms with Crippen molar-refractivity contribution in [2.24, 2.45) is 0 Å². The number of aromatic carboxylic acids is 1. The monoisotopic (exact) mass is 348 g/mol. The zero-order valence-corrected chi connectivity index (χ0v) is 16.0. The second-order valence-electron chi connectivity index (χ2n) is 6.89. The highest BCUT2D eigenvalue weighted by Gasteiger charge is 2.09. The van der Waals surface area contributed by atoms with Gasteiger partial charge in [-0.15, -0.1) is 0 Å². The van der Waals surface area contributed by atoms with Crippen LogP contribution in [0.15, 0.2) is 24.3 Å². The minimum absolute atomic E-state index is 0.247. The van der Waals surface area contributed by atoms with E-state index in [1.54, 1.807) is 18.2 Å². The first-order chi connectivity index (χ1) is 12.3. The Balaban J connectivity index is 1.90. The van der Waals surface area contributed by atoms with Gasteiger partial charge in [-0.25, -0.2) is 4.79 Å². The van der Waals surface area contributed by atoms with Crippen molar-refractivity contribution in [2.45, 2.75) is 90.4 Å². The Morgan fingerprint density at radius 1 is 0.800 bits per heavy atom. The standard InChI is InChI=1S/C22H36O3/c1-2-3-4-5-6-7-8-9-10-11-12-13-16-19-25-21-18-15-14-17-20(21)22(23)24/h14-15,17-18H,2-13,16,19H2,1H3,(H,23,24). The van der Waals surface area contributed by atoms with Gasteiger partial charge >= 0.3 is 5.97 Å². The predicted molar refractivity (Wildman–Crippen MR) is 105 cm³/mol. The molecule has 0 saturated heterocycles. The SMILES string of the molecule is CCCCCCCCCCCCCCCOc1ccccc1C(=O)O. The van der Waals surface area contributed by atoms with Crippen molar-refractivity contribution in [1.29, 1.82) is 0 Å². The van der Waals surface area contributed by atoms with Gasteiger partial charge < -0.3 is 9.84 Å². The molecule has 3 nitrogen and oxygen atoms in total. The van der Waals surface area contributed by atoms with Crippen LogP contribution in [0.1, 0.15) is 101 Å². The Morgan fingerprint density at radius 2 is 1.28 bits per heavy atom. The summed E-state index contributed by atoms with van der Waals surface area (Å²) < 4.78 is 5.62. The molecule has 0 aliphatic rings. The molecule has 0 saturated carbocycles. The average Bonchev–Trinajstić information content (AvgIpc) is 2.62. The smallest absolute Gasteiger partial charge is 0.339 e. The summed E-state index contributed by atoms with van der Waals surface area (Å²) in [6.45, 7) is 2.86. The van der Waals surface area contributed by atoms with Crippen molar-refractivity contribution in [3.05, 3.63) is 29.8 Å². The molecule has 1 rings (SSSR count). The normalized spacial score (nSPS) is 10.8. The van der Waals surface area contributed by atoms with E-state index in [0.717, 1.165) is 12.8 Å². The van der Waals surface area contributed by atoms with E-state index in [0.29, 0.717) is 12.4 Å². The van der Waals surface area contributed by atoms with Crippen molar-refractivity contribution in [3.8, 4) is 5.75 Å². The van der Waals surface area contributed by atoms with Crippen molar-refractivity contribution in [3.63, 3.8) is 0 Å².